The van der Waals surface area contributed by atoms with Crippen LogP contribution in [0.3, 0.4) is 0 Å². The number of hydrogen-bond acceptors (Lipinski definition) is 2. The van der Waals surface area contributed by atoms with Crippen molar-refractivity contribution in [2.24, 2.45) is 11.3 Å². The van der Waals surface area contributed by atoms with Gasteiger partial charge in [0.15, 0.2) is 0 Å². The molecule has 0 heterocycles. The lowest BCUT2D eigenvalue weighted by Crippen LogP contribution is -2.35. The molecule has 1 fully saturated rings. The standard InChI is InChI=1S/C15H24O2/c1-5-13(16)7-9-15(4)8-6-12(11(2)3)10-14(15)17/h12H,2,5-10H2,1,3-4H3/t12-,15+/m1/s1. The summed E-state index contributed by atoms with van der Waals surface area (Å²) in [5, 5.41) is 0. The summed E-state index contributed by atoms with van der Waals surface area (Å²) in [7, 11) is 0. The highest BCUT2D eigenvalue weighted by molar-refractivity contribution is 5.86. The summed E-state index contributed by atoms with van der Waals surface area (Å²) >= 11 is 0. The van der Waals surface area contributed by atoms with Crippen molar-refractivity contribution in [3.05, 3.63) is 12.2 Å². The summed E-state index contributed by atoms with van der Waals surface area (Å²) in [6.45, 7) is 9.84. The van der Waals surface area contributed by atoms with Gasteiger partial charge in [0.25, 0.3) is 0 Å². The van der Waals surface area contributed by atoms with Crippen LogP contribution in [0, 0.1) is 11.3 Å². The predicted octanol–water partition coefficient (Wildman–Crippen LogP) is 3.70. The van der Waals surface area contributed by atoms with Crippen molar-refractivity contribution < 1.29 is 9.59 Å². The average molecular weight is 236 g/mol. The molecule has 17 heavy (non-hydrogen) atoms. The van der Waals surface area contributed by atoms with E-state index in [1.54, 1.807) is 0 Å². The van der Waals surface area contributed by atoms with E-state index in [1.165, 1.54) is 0 Å². The summed E-state index contributed by atoms with van der Waals surface area (Å²) in [6, 6.07) is 0. The van der Waals surface area contributed by atoms with Gasteiger partial charge in [-0.3, -0.25) is 9.59 Å². The minimum absolute atomic E-state index is 0.265. The van der Waals surface area contributed by atoms with Gasteiger partial charge in [-0.05, 0) is 32.1 Å². The molecule has 0 N–H and O–H groups in total. The fraction of sp³-hybridized carbons (Fsp3) is 0.733. The van der Waals surface area contributed by atoms with Gasteiger partial charge in [0.2, 0.25) is 0 Å². The van der Waals surface area contributed by atoms with Gasteiger partial charge < -0.3 is 0 Å². The van der Waals surface area contributed by atoms with E-state index in [9.17, 15) is 9.59 Å². The van der Waals surface area contributed by atoms with Crippen LogP contribution in [0.25, 0.3) is 0 Å². The molecular formula is C15H24O2. The summed E-state index contributed by atoms with van der Waals surface area (Å²) in [5.41, 5.74) is 0.849. The molecule has 0 spiro atoms. The minimum atomic E-state index is -0.267. The zero-order valence-electron chi connectivity index (χ0n) is 11.3. The van der Waals surface area contributed by atoms with Crippen LogP contribution < -0.4 is 0 Å². The van der Waals surface area contributed by atoms with Crippen LogP contribution in [0.2, 0.25) is 0 Å². The molecular weight excluding hydrogens is 212 g/mol. The Hall–Kier alpha value is -0.920. The maximum absolute atomic E-state index is 12.2. The Morgan fingerprint density at radius 3 is 2.65 bits per heavy atom. The number of allylic oxidation sites excluding steroid dienone is 1. The van der Waals surface area contributed by atoms with E-state index < -0.39 is 0 Å². The first-order valence-corrected chi connectivity index (χ1v) is 6.59. The third-order valence-electron chi connectivity index (χ3n) is 4.20. The number of carbonyl (C=O) groups is 2. The first-order valence-electron chi connectivity index (χ1n) is 6.59. The molecule has 2 atom stereocenters. The Morgan fingerprint density at radius 2 is 2.18 bits per heavy atom. The number of ketones is 2. The highest BCUT2D eigenvalue weighted by Gasteiger charge is 2.38. The quantitative estimate of drug-likeness (QED) is 0.682. The molecule has 0 amide bonds. The van der Waals surface area contributed by atoms with Gasteiger partial charge >= 0.3 is 0 Å². The molecule has 0 radical (unpaired) electrons. The molecule has 0 bridgehead atoms. The largest absolute Gasteiger partial charge is 0.300 e. The smallest absolute Gasteiger partial charge is 0.139 e. The van der Waals surface area contributed by atoms with Crippen molar-refractivity contribution in [3.63, 3.8) is 0 Å². The lowest BCUT2D eigenvalue weighted by molar-refractivity contribution is -0.132. The van der Waals surface area contributed by atoms with Crippen molar-refractivity contribution in [3.8, 4) is 0 Å². The van der Waals surface area contributed by atoms with Crippen LogP contribution in [0.5, 0.6) is 0 Å². The Bertz CT molecular complexity index is 330. The van der Waals surface area contributed by atoms with E-state index in [0.717, 1.165) is 24.8 Å². The van der Waals surface area contributed by atoms with E-state index >= 15 is 0 Å². The molecule has 1 saturated carbocycles. The molecule has 0 aliphatic heterocycles. The number of Topliss-reactive ketones (excluding diaryl/α,β-unsaturated/α-hetero) is 2. The second-order valence-corrected chi connectivity index (χ2v) is 5.66. The van der Waals surface area contributed by atoms with Crippen molar-refractivity contribution in [1.82, 2.24) is 0 Å². The van der Waals surface area contributed by atoms with Gasteiger partial charge in [0.05, 0.1) is 0 Å². The first kappa shape index (κ1) is 14.1. The number of rotatable bonds is 5. The third kappa shape index (κ3) is 3.52. The zero-order valence-corrected chi connectivity index (χ0v) is 11.3. The van der Waals surface area contributed by atoms with E-state index in [2.05, 4.69) is 6.58 Å². The van der Waals surface area contributed by atoms with Gasteiger partial charge in [-0.1, -0.05) is 26.0 Å². The second kappa shape index (κ2) is 5.61. The van der Waals surface area contributed by atoms with Crippen LogP contribution in [-0.2, 0) is 9.59 Å². The summed E-state index contributed by atoms with van der Waals surface area (Å²) in [5.74, 6) is 0.944. The van der Waals surface area contributed by atoms with Gasteiger partial charge in [-0.15, -0.1) is 0 Å². The Morgan fingerprint density at radius 1 is 1.53 bits per heavy atom. The molecule has 1 aliphatic rings. The lowest BCUT2D eigenvalue weighted by Gasteiger charge is -2.36. The highest BCUT2D eigenvalue weighted by Crippen LogP contribution is 2.41. The Kier molecular flexibility index (Phi) is 4.67. The molecule has 0 aromatic rings. The Balaban J connectivity index is 2.57. The van der Waals surface area contributed by atoms with Crippen LogP contribution in [0.15, 0.2) is 12.2 Å². The van der Waals surface area contributed by atoms with Crippen molar-refractivity contribution in [1.29, 1.82) is 0 Å². The Labute approximate surface area is 104 Å². The summed E-state index contributed by atoms with van der Waals surface area (Å²) in [6.07, 6.45) is 4.42. The topological polar surface area (TPSA) is 34.1 Å². The molecule has 0 aromatic carbocycles. The highest BCUT2D eigenvalue weighted by atomic mass is 16.1. The first-order chi connectivity index (χ1) is 7.89. The van der Waals surface area contributed by atoms with Gasteiger partial charge in [0, 0.05) is 24.7 Å². The van der Waals surface area contributed by atoms with Crippen molar-refractivity contribution in [2.45, 2.75) is 59.3 Å². The molecule has 1 aliphatic carbocycles. The summed E-state index contributed by atoms with van der Waals surface area (Å²) in [4.78, 5) is 23.5. The molecule has 1 rings (SSSR count). The van der Waals surface area contributed by atoms with Gasteiger partial charge in [-0.2, -0.15) is 0 Å². The predicted molar refractivity (Wildman–Crippen MR) is 69.8 cm³/mol. The van der Waals surface area contributed by atoms with Crippen molar-refractivity contribution >= 4 is 11.6 Å². The van der Waals surface area contributed by atoms with E-state index in [1.807, 2.05) is 20.8 Å². The van der Waals surface area contributed by atoms with Crippen LogP contribution >= 0.6 is 0 Å². The van der Waals surface area contributed by atoms with Crippen LogP contribution in [0.1, 0.15) is 59.3 Å². The second-order valence-electron chi connectivity index (χ2n) is 5.66. The minimum Gasteiger partial charge on any atom is -0.300 e. The van der Waals surface area contributed by atoms with Gasteiger partial charge in [0.1, 0.15) is 11.6 Å². The average Bonchev–Trinajstić information content (AvgIpc) is 2.29. The maximum atomic E-state index is 12.2. The molecule has 96 valence electrons. The maximum Gasteiger partial charge on any atom is 0.139 e. The fourth-order valence-electron chi connectivity index (χ4n) is 2.48. The fourth-order valence-corrected chi connectivity index (χ4v) is 2.48. The molecule has 0 saturated heterocycles. The van der Waals surface area contributed by atoms with E-state index in [-0.39, 0.29) is 11.2 Å². The SMILES string of the molecule is C=C(C)[C@@H]1CC[C@@](C)(CCC(=O)CC)C(=O)C1. The van der Waals surface area contributed by atoms with E-state index in [4.69, 9.17) is 0 Å². The van der Waals surface area contributed by atoms with Crippen LogP contribution in [-0.4, -0.2) is 11.6 Å². The van der Waals surface area contributed by atoms with Crippen molar-refractivity contribution in [2.75, 3.05) is 0 Å². The lowest BCUT2D eigenvalue weighted by atomic mass is 9.67. The normalized spacial score (nSPS) is 29.1. The van der Waals surface area contributed by atoms with Gasteiger partial charge in [-0.25, -0.2) is 0 Å². The molecule has 2 nitrogen and oxygen atoms in total. The third-order valence-corrected chi connectivity index (χ3v) is 4.20. The molecule has 0 unspecified atom stereocenters. The summed E-state index contributed by atoms with van der Waals surface area (Å²) < 4.78 is 0. The number of hydrogen-bond donors (Lipinski definition) is 0. The van der Waals surface area contributed by atoms with Crippen LogP contribution in [0.4, 0.5) is 0 Å². The molecule has 0 aromatic heterocycles. The monoisotopic (exact) mass is 236 g/mol. The number of carbonyl (C=O) groups excluding carboxylic acids is 2. The zero-order chi connectivity index (χ0) is 13.1. The molecule has 2 heteroatoms. The van der Waals surface area contributed by atoms with E-state index in [0.29, 0.717) is 31.0 Å².